The van der Waals surface area contributed by atoms with Gasteiger partial charge in [0.05, 0.1) is 20.3 Å². The number of carbonyl (C=O) groups is 1. The molecular weight excluding hydrogens is 316 g/mol. The van der Waals surface area contributed by atoms with Crippen molar-refractivity contribution in [2.75, 3.05) is 14.2 Å². The number of hydrogen-bond donors (Lipinski definition) is 2. The molecule has 25 heavy (non-hydrogen) atoms. The van der Waals surface area contributed by atoms with Gasteiger partial charge in [0.25, 0.3) is 5.91 Å². The van der Waals surface area contributed by atoms with Crippen LogP contribution in [0.1, 0.15) is 34.6 Å². The van der Waals surface area contributed by atoms with Gasteiger partial charge in [0, 0.05) is 10.9 Å². The van der Waals surface area contributed by atoms with E-state index in [-0.39, 0.29) is 11.9 Å². The summed E-state index contributed by atoms with van der Waals surface area (Å²) >= 11 is 0. The molecular formula is C20H22N2O3. The number of aryl methyl sites for hydroxylation is 1. The van der Waals surface area contributed by atoms with E-state index in [9.17, 15) is 4.79 Å². The largest absolute Gasteiger partial charge is 0.493 e. The van der Waals surface area contributed by atoms with Crippen LogP contribution in [0.15, 0.2) is 42.5 Å². The molecule has 5 heteroatoms. The summed E-state index contributed by atoms with van der Waals surface area (Å²) in [5, 5.41) is 4.03. The molecule has 1 aromatic heterocycles. The molecule has 1 heterocycles. The monoisotopic (exact) mass is 338 g/mol. The summed E-state index contributed by atoms with van der Waals surface area (Å²) in [7, 11) is 3.19. The van der Waals surface area contributed by atoms with Crippen LogP contribution in [0.25, 0.3) is 10.9 Å². The Kier molecular flexibility index (Phi) is 4.65. The van der Waals surface area contributed by atoms with Crippen LogP contribution in [0.2, 0.25) is 0 Å². The summed E-state index contributed by atoms with van der Waals surface area (Å²) in [6.45, 7) is 3.96. The Morgan fingerprint density at radius 3 is 2.52 bits per heavy atom. The fourth-order valence-corrected chi connectivity index (χ4v) is 2.84. The Balaban J connectivity index is 1.79. The molecule has 0 saturated carbocycles. The zero-order chi connectivity index (χ0) is 18.0. The van der Waals surface area contributed by atoms with E-state index in [4.69, 9.17) is 9.47 Å². The number of hydrogen-bond acceptors (Lipinski definition) is 3. The van der Waals surface area contributed by atoms with Crippen molar-refractivity contribution in [3.8, 4) is 11.5 Å². The first-order chi connectivity index (χ1) is 12.0. The second kappa shape index (κ2) is 6.89. The lowest BCUT2D eigenvalue weighted by Crippen LogP contribution is -2.26. The lowest BCUT2D eigenvalue weighted by atomic mass is 10.1. The molecule has 3 rings (SSSR count). The Morgan fingerprint density at radius 1 is 1.04 bits per heavy atom. The number of nitrogens with one attached hydrogen (secondary N) is 2. The number of H-pyrrole nitrogens is 1. The van der Waals surface area contributed by atoms with E-state index in [1.165, 1.54) is 0 Å². The Bertz CT molecular complexity index is 914. The molecule has 3 aromatic rings. The van der Waals surface area contributed by atoms with Gasteiger partial charge in [0.2, 0.25) is 0 Å². The topological polar surface area (TPSA) is 63.3 Å². The van der Waals surface area contributed by atoms with Gasteiger partial charge in [-0.2, -0.15) is 0 Å². The highest BCUT2D eigenvalue weighted by Gasteiger charge is 2.15. The van der Waals surface area contributed by atoms with Crippen LogP contribution in [-0.4, -0.2) is 25.1 Å². The number of amides is 1. The minimum atomic E-state index is -0.166. The Hall–Kier alpha value is -2.95. The minimum Gasteiger partial charge on any atom is -0.493 e. The molecule has 0 aliphatic rings. The number of carbonyl (C=O) groups excluding carboxylic acids is 1. The second-order valence-corrected chi connectivity index (χ2v) is 6.08. The number of aromatic nitrogens is 1. The zero-order valence-electron chi connectivity index (χ0n) is 14.8. The molecule has 130 valence electrons. The standard InChI is InChI=1S/C20H22N2O3/c1-12-5-6-15-10-17(22-16(15)9-12)20(23)21-13(2)14-7-8-18(24-3)19(11-14)25-4/h5-11,13,22H,1-4H3,(H,21,23). The maximum atomic E-state index is 12.6. The molecule has 0 spiro atoms. The van der Waals surface area contributed by atoms with Crippen molar-refractivity contribution in [3.05, 3.63) is 59.3 Å². The van der Waals surface area contributed by atoms with Crippen LogP contribution in [-0.2, 0) is 0 Å². The first kappa shape index (κ1) is 16.9. The van der Waals surface area contributed by atoms with E-state index in [0.717, 1.165) is 22.0 Å². The van der Waals surface area contributed by atoms with Crippen molar-refractivity contribution in [2.45, 2.75) is 19.9 Å². The van der Waals surface area contributed by atoms with Crippen molar-refractivity contribution in [2.24, 2.45) is 0 Å². The fraction of sp³-hybridized carbons (Fsp3) is 0.250. The summed E-state index contributed by atoms with van der Waals surface area (Å²) in [4.78, 5) is 15.7. The molecule has 0 bridgehead atoms. The quantitative estimate of drug-likeness (QED) is 0.739. The van der Waals surface area contributed by atoms with E-state index in [1.54, 1.807) is 14.2 Å². The molecule has 0 fully saturated rings. The number of methoxy groups -OCH3 is 2. The molecule has 1 amide bonds. The van der Waals surface area contributed by atoms with Gasteiger partial charge in [0.15, 0.2) is 11.5 Å². The molecule has 2 N–H and O–H groups in total. The summed E-state index contributed by atoms with van der Waals surface area (Å²) in [6, 6.07) is 13.4. The van der Waals surface area contributed by atoms with Crippen molar-refractivity contribution in [1.82, 2.24) is 10.3 Å². The van der Waals surface area contributed by atoms with Crippen LogP contribution in [0.3, 0.4) is 0 Å². The predicted octanol–water partition coefficient (Wildman–Crippen LogP) is 3.98. The summed E-state index contributed by atoms with van der Waals surface area (Å²) in [6.07, 6.45) is 0. The molecule has 5 nitrogen and oxygen atoms in total. The van der Waals surface area contributed by atoms with Gasteiger partial charge in [-0.1, -0.05) is 18.2 Å². The third-order valence-electron chi connectivity index (χ3n) is 4.28. The first-order valence-electron chi connectivity index (χ1n) is 8.14. The van der Waals surface area contributed by atoms with E-state index < -0.39 is 0 Å². The zero-order valence-corrected chi connectivity index (χ0v) is 14.8. The number of aromatic amines is 1. The van der Waals surface area contributed by atoms with Gasteiger partial charge >= 0.3 is 0 Å². The second-order valence-electron chi connectivity index (χ2n) is 6.08. The van der Waals surface area contributed by atoms with Gasteiger partial charge in [-0.15, -0.1) is 0 Å². The highest BCUT2D eigenvalue weighted by molar-refractivity contribution is 5.98. The lowest BCUT2D eigenvalue weighted by molar-refractivity contribution is 0.0935. The van der Waals surface area contributed by atoms with Gasteiger partial charge in [-0.05, 0) is 49.2 Å². The number of fused-ring (bicyclic) bond motifs is 1. The van der Waals surface area contributed by atoms with Crippen LogP contribution in [0.4, 0.5) is 0 Å². The summed E-state index contributed by atoms with van der Waals surface area (Å²) < 4.78 is 10.6. The average molecular weight is 338 g/mol. The molecule has 0 radical (unpaired) electrons. The maximum Gasteiger partial charge on any atom is 0.268 e. The van der Waals surface area contributed by atoms with Crippen molar-refractivity contribution in [3.63, 3.8) is 0 Å². The van der Waals surface area contributed by atoms with E-state index in [1.807, 2.05) is 56.3 Å². The van der Waals surface area contributed by atoms with E-state index in [0.29, 0.717) is 17.2 Å². The van der Waals surface area contributed by atoms with Gasteiger partial charge in [-0.3, -0.25) is 4.79 Å². The van der Waals surface area contributed by atoms with Crippen molar-refractivity contribution >= 4 is 16.8 Å². The number of benzene rings is 2. The summed E-state index contributed by atoms with van der Waals surface area (Å²) in [5.41, 5.74) is 3.61. The van der Waals surface area contributed by atoms with E-state index >= 15 is 0 Å². The highest BCUT2D eigenvalue weighted by atomic mass is 16.5. The summed E-state index contributed by atoms with van der Waals surface area (Å²) in [5.74, 6) is 1.16. The molecule has 0 aliphatic carbocycles. The van der Waals surface area contributed by atoms with Crippen molar-refractivity contribution < 1.29 is 14.3 Å². The third-order valence-corrected chi connectivity index (χ3v) is 4.28. The minimum absolute atomic E-state index is 0.142. The smallest absolute Gasteiger partial charge is 0.268 e. The van der Waals surface area contributed by atoms with Gasteiger partial charge < -0.3 is 19.8 Å². The van der Waals surface area contributed by atoms with Crippen LogP contribution in [0.5, 0.6) is 11.5 Å². The van der Waals surface area contributed by atoms with Crippen LogP contribution < -0.4 is 14.8 Å². The van der Waals surface area contributed by atoms with E-state index in [2.05, 4.69) is 10.3 Å². The van der Waals surface area contributed by atoms with Gasteiger partial charge in [0.1, 0.15) is 5.69 Å². The van der Waals surface area contributed by atoms with Gasteiger partial charge in [-0.25, -0.2) is 0 Å². The molecule has 1 unspecified atom stereocenters. The fourth-order valence-electron chi connectivity index (χ4n) is 2.84. The SMILES string of the molecule is COc1ccc(C(C)NC(=O)c2cc3ccc(C)cc3[nH]2)cc1OC. The Labute approximate surface area is 147 Å². The normalized spacial score (nSPS) is 12.0. The lowest BCUT2D eigenvalue weighted by Gasteiger charge is -2.16. The predicted molar refractivity (Wildman–Crippen MR) is 98.5 cm³/mol. The molecule has 2 aromatic carbocycles. The number of rotatable bonds is 5. The highest BCUT2D eigenvalue weighted by Crippen LogP contribution is 2.30. The maximum absolute atomic E-state index is 12.6. The van der Waals surface area contributed by atoms with Crippen LogP contribution in [0, 0.1) is 6.92 Å². The Morgan fingerprint density at radius 2 is 1.80 bits per heavy atom. The van der Waals surface area contributed by atoms with Crippen molar-refractivity contribution in [1.29, 1.82) is 0 Å². The molecule has 0 saturated heterocycles. The first-order valence-corrected chi connectivity index (χ1v) is 8.14. The number of ether oxygens (including phenoxy) is 2. The molecule has 0 aliphatic heterocycles. The third kappa shape index (κ3) is 3.45. The molecule has 1 atom stereocenters. The average Bonchev–Trinajstić information content (AvgIpc) is 3.04. The van der Waals surface area contributed by atoms with Crippen LogP contribution >= 0.6 is 0 Å².